The summed E-state index contributed by atoms with van der Waals surface area (Å²) < 4.78 is 22.2. The Labute approximate surface area is 645 Å². The number of amides is 3. The molecule has 0 N–H and O–H groups in total. The van der Waals surface area contributed by atoms with Gasteiger partial charge in [-0.05, 0) is 153 Å². The van der Waals surface area contributed by atoms with Crippen molar-refractivity contribution in [3.05, 3.63) is 255 Å². The minimum atomic E-state index is -0.540. The van der Waals surface area contributed by atoms with Crippen LogP contribution >= 0.6 is 23.2 Å². The van der Waals surface area contributed by atoms with Gasteiger partial charge in [-0.3, -0.25) is 52.9 Å². The van der Waals surface area contributed by atoms with E-state index >= 15 is 0 Å². The second-order valence-electron chi connectivity index (χ2n) is 28.3. The normalized spacial score (nSPS) is 16.3. The van der Waals surface area contributed by atoms with Crippen molar-refractivity contribution in [2.24, 2.45) is 5.92 Å². The number of Topliss-reactive ketones (excluding diaryl/α,β-unsaturated/α-hetero) is 1. The van der Waals surface area contributed by atoms with Gasteiger partial charge in [0.05, 0.1) is 60.2 Å². The summed E-state index contributed by atoms with van der Waals surface area (Å²) in [6.45, 7) is 10.5. The summed E-state index contributed by atoms with van der Waals surface area (Å²) in [6, 6.07) is 47.2. The zero-order valence-corrected chi connectivity index (χ0v) is 62.4. The molecule has 3 aromatic carbocycles. The number of piperidine rings is 1. The summed E-state index contributed by atoms with van der Waals surface area (Å²) in [5, 5.41) is 10.7. The molecule has 19 rings (SSSR count). The third-order valence-corrected chi connectivity index (χ3v) is 20.8. The van der Waals surface area contributed by atoms with Gasteiger partial charge in [-0.15, -0.1) is 0 Å². The number of likely N-dealkylation sites (tertiary alicyclic amines) is 1. The average Bonchev–Trinajstić information content (AvgIpc) is 1.22. The summed E-state index contributed by atoms with van der Waals surface area (Å²) >= 11 is 12.1. The van der Waals surface area contributed by atoms with E-state index < -0.39 is 11.8 Å². The van der Waals surface area contributed by atoms with Gasteiger partial charge in [-0.1, -0.05) is 96.8 Å². The second-order valence-corrected chi connectivity index (χ2v) is 29.1. The van der Waals surface area contributed by atoms with Crippen molar-refractivity contribution in [3.63, 3.8) is 0 Å². The Morgan fingerprint density at radius 2 is 1.22 bits per heavy atom. The molecule has 3 amide bonds. The third kappa shape index (κ3) is 14.7. The number of carbonyl (C=O) groups excluding carboxylic acids is 5. The molecular weight excluding hydrogens is 1450 g/mol. The number of fused-ring (bicyclic) bond motifs is 8. The van der Waals surface area contributed by atoms with Gasteiger partial charge in [-0.2, -0.15) is 10.1 Å². The van der Waals surface area contributed by atoms with Crippen LogP contribution in [0.4, 0.5) is 11.6 Å². The second kappa shape index (κ2) is 31.0. The molecule has 14 aromatic rings. The molecule has 3 fully saturated rings. The van der Waals surface area contributed by atoms with E-state index in [-0.39, 0.29) is 59.8 Å². The first-order valence-electron chi connectivity index (χ1n) is 36.8. The molecule has 1 spiro atoms. The predicted molar refractivity (Wildman–Crippen MR) is 416 cm³/mol. The van der Waals surface area contributed by atoms with Crippen molar-refractivity contribution < 1.29 is 38.0 Å². The summed E-state index contributed by atoms with van der Waals surface area (Å²) in [5.74, 6) is 1.88. The molecule has 11 aromatic heterocycles. The molecule has 5 aliphatic rings. The molecule has 2 unspecified atom stereocenters. The lowest BCUT2D eigenvalue weighted by Gasteiger charge is -2.38. The van der Waals surface area contributed by atoms with Crippen LogP contribution in [-0.4, -0.2) is 135 Å². The molecule has 28 heteroatoms. The number of hydrogen-bond donors (Lipinski definition) is 0. The minimum absolute atomic E-state index is 0.00527. The maximum absolute atomic E-state index is 13.4. The van der Waals surface area contributed by atoms with Crippen molar-refractivity contribution in [3.8, 4) is 22.8 Å². The van der Waals surface area contributed by atoms with Crippen LogP contribution in [0.15, 0.2) is 204 Å². The number of carbonyl (C=O) groups is 5. The Hall–Kier alpha value is -12.2. The Kier molecular flexibility index (Phi) is 20.4. The van der Waals surface area contributed by atoms with Gasteiger partial charge in [0.1, 0.15) is 51.0 Å². The van der Waals surface area contributed by atoms with E-state index in [0.717, 1.165) is 63.5 Å². The molecular formula is C83H73Cl2N17O9. The predicted octanol–water partition coefficient (Wildman–Crippen LogP) is 14.7. The highest BCUT2D eigenvalue weighted by Gasteiger charge is 2.45. The van der Waals surface area contributed by atoms with Crippen LogP contribution in [0, 0.1) is 5.92 Å². The van der Waals surface area contributed by atoms with E-state index in [1.54, 1.807) is 105 Å². The maximum atomic E-state index is 13.4. The Morgan fingerprint density at radius 3 is 1.83 bits per heavy atom. The van der Waals surface area contributed by atoms with Gasteiger partial charge in [0.25, 0.3) is 17.4 Å². The number of ketones is 2. The van der Waals surface area contributed by atoms with Crippen LogP contribution in [0.2, 0.25) is 10.3 Å². The summed E-state index contributed by atoms with van der Waals surface area (Å²) in [4.78, 5) is 123. The summed E-state index contributed by atoms with van der Waals surface area (Å²) in [7, 11) is 0. The Bertz CT molecular complexity index is 5970. The highest BCUT2D eigenvalue weighted by Crippen LogP contribution is 2.43. The quantitative estimate of drug-likeness (QED) is 0.0680. The zero-order chi connectivity index (χ0) is 76.6. The van der Waals surface area contributed by atoms with Crippen molar-refractivity contribution >= 4 is 108 Å². The number of nitrogens with zero attached hydrogens (tertiary/aromatic N) is 17. The number of benzene rings is 3. The number of hydrogen-bond acceptors (Lipinski definition) is 20. The van der Waals surface area contributed by atoms with E-state index in [1.807, 2.05) is 126 Å². The minimum Gasteiger partial charge on any atom is -0.347 e. The molecule has 558 valence electrons. The molecule has 1 aliphatic carbocycles. The first-order chi connectivity index (χ1) is 54.0. The van der Waals surface area contributed by atoms with Gasteiger partial charge in [0.15, 0.2) is 22.7 Å². The lowest BCUT2D eigenvalue weighted by Crippen LogP contribution is -2.48. The van der Waals surface area contributed by atoms with E-state index in [0.29, 0.717) is 142 Å². The number of ether oxygens (including phenoxy) is 2. The Morgan fingerprint density at radius 1 is 0.613 bits per heavy atom. The first kappa shape index (κ1) is 72.9. The zero-order valence-electron chi connectivity index (χ0n) is 60.9. The van der Waals surface area contributed by atoms with Crippen molar-refractivity contribution in [2.75, 3.05) is 36.1 Å². The van der Waals surface area contributed by atoms with Crippen LogP contribution < -0.4 is 15.4 Å². The van der Waals surface area contributed by atoms with Crippen LogP contribution in [-0.2, 0) is 19.1 Å². The first-order valence-corrected chi connectivity index (χ1v) is 37.5. The Balaban J connectivity index is 0.000000113. The van der Waals surface area contributed by atoms with Crippen molar-refractivity contribution in [1.82, 2.24) is 73.5 Å². The largest absolute Gasteiger partial charge is 0.347 e. The number of rotatable bonds is 15. The number of halogens is 2. The molecule has 0 bridgehead atoms. The van der Waals surface area contributed by atoms with Gasteiger partial charge >= 0.3 is 0 Å². The van der Waals surface area contributed by atoms with E-state index in [2.05, 4.69) is 69.0 Å². The fraction of sp³-hybridized carbons (Fsp3) is 0.265. The molecule has 0 radical (unpaired) electrons. The monoisotopic (exact) mass is 1520 g/mol. The van der Waals surface area contributed by atoms with Crippen LogP contribution in [0.3, 0.4) is 0 Å². The van der Waals surface area contributed by atoms with E-state index in [1.165, 1.54) is 6.20 Å². The van der Waals surface area contributed by atoms with Gasteiger partial charge in [0, 0.05) is 103 Å². The maximum Gasteiger partial charge on any atom is 0.278 e. The fourth-order valence-electron chi connectivity index (χ4n) is 14.6. The van der Waals surface area contributed by atoms with Gasteiger partial charge < -0.3 is 23.5 Å². The standard InChI is InChI=1S/C25H23ClN4O4.C23H22ClN3O2.C18H17N5O2.C17H11N5O/c26-20-7-5-16-6-8-21(28-23(16)27-20)30-19(17-3-1-2-4-18(17)24(30)32)15-22(31)29-11-9-25(10-12-29)33-13-14-34-25;1-14(2)7-10-16(28)13-19-17-5-3-4-6-18(17)23(29)27(19)21-12-9-15-8-11-20(24)25-22(15)26-21;1-10(2)23-13-6-4-3-5-12(13)22-9-19-14(15(22)18(23)24)16-20-17(25-21-16)11-7-8-11;23-16(14-3-1-2-7-19-14)13-11-21-22-15(6-10-20-17(13)22)12-4-8-18-9-5-12/h1-8,19H,9-15H2;3-6,8-9,11-12,14,19H,7,10,13H2,1-2H3;3-6,9-11H,7-8H2,1-2H3;1-11H. The topological polar surface area (TPSA) is 299 Å². The number of imidazole rings is 1. The highest BCUT2D eigenvalue weighted by molar-refractivity contribution is 6.30. The lowest BCUT2D eigenvalue weighted by atomic mass is 9.97. The smallest absolute Gasteiger partial charge is 0.278 e. The molecule has 4 aliphatic heterocycles. The van der Waals surface area contributed by atoms with Crippen molar-refractivity contribution in [2.45, 2.75) is 109 Å². The molecule has 2 atom stereocenters. The number of anilines is 2. The molecule has 15 heterocycles. The number of para-hydroxylation sites is 2. The van der Waals surface area contributed by atoms with Crippen LogP contribution in [0.1, 0.15) is 157 Å². The molecule has 1 saturated carbocycles. The average molecular weight is 1520 g/mol. The summed E-state index contributed by atoms with van der Waals surface area (Å²) in [6.07, 6.45) is 15.1. The third-order valence-electron chi connectivity index (χ3n) is 20.3. The molecule has 26 nitrogen and oxygen atoms in total. The highest BCUT2D eigenvalue weighted by atomic mass is 35.5. The SMILES string of the molecule is CC(C)CCC(=O)CC1c2ccccc2C(=O)N1c1ccc2ccc(Cl)nc2n1.CC(C)n1c(=O)c2c(-c3noc(C4CC4)n3)ncn2c2ccccc21.O=C(CC1c2ccccc2C(=O)N1c1ccc2ccc(Cl)nc2n1)N1CCC2(CC1)OCCO2.O=C(c1ccccn1)c1cnn2c(-c3ccncc3)ccnc12. The number of pyridine rings is 6. The van der Waals surface area contributed by atoms with Crippen LogP contribution in [0.25, 0.3) is 67.0 Å². The fourth-order valence-corrected chi connectivity index (χ4v) is 14.9. The van der Waals surface area contributed by atoms with Gasteiger partial charge in [-0.25, -0.2) is 34.4 Å². The molecule has 2 saturated heterocycles. The number of aromatic nitrogens is 14. The van der Waals surface area contributed by atoms with Crippen molar-refractivity contribution in [1.29, 1.82) is 0 Å². The lowest BCUT2D eigenvalue weighted by molar-refractivity contribution is -0.187. The summed E-state index contributed by atoms with van der Waals surface area (Å²) in [5.41, 5.74) is 9.62. The van der Waals surface area contributed by atoms with Gasteiger partial charge in [0.2, 0.25) is 23.4 Å². The molecule has 111 heavy (non-hydrogen) atoms. The van der Waals surface area contributed by atoms with Crippen LogP contribution in [0.5, 0.6) is 0 Å². The van der Waals surface area contributed by atoms with E-state index in [9.17, 15) is 28.8 Å². The van der Waals surface area contributed by atoms with E-state index in [4.69, 9.17) is 37.2 Å².